The maximum Gasteiger partial charge on any atom is 0.322 e. The smallest absolute Gasteiger partial charge is 0.322 e. The lowest BCUT2D eigenvalue weighted by atomic mass is 9.95. The van der Waals surface area contributed by atoms with Gasteiger partial charge < -0.3 is 15.7 Å². The number of fused-ring (bicyclic) bond motifs is 1. The molecule has 132 valence electrons. The molecule has 1 aliphatic heterocycles. The van der Waals surface area contributed by atoms with E-state index in [-0.39, 0.29) is 12.6 Å². The van der Waals surface area contributed by atoms with Crippen LogP contribution in [0.3, 0.4) is 0 Å². The van der Waals surface area contributed by atoms with E-state index in [9.17, 15) is 9.59 Å². The molecular weight excluding hydrogens is 328 g/mol. The van der Waals surface area contributed by atoms with Gasteiger partial charge in [-0.2, -0.15) is 0 Å². The molecule has 24 heavy (non-hydrogen) atoms. The lowest BCUT2D eigenvalue weighted by molar-refractivity contribution is 0.100. The minimum absolute atomic E-state index is 0.134. The van der Waals surface area contributed by atoms with Gasteiger partial charge in [0, 0.05) is 37.6 Å². The highest BCUT2D eigenvalue weighted by Gasteiger charge is 2.27. The number of nitrogens with one attached hydrogen (secondary N) is 1. The van der Waals surface area contributed by atoms with E-state index in [0.717, 1.165) is 44.3 Å². The van der Waals surface area contributed by atoms with Crippen LogP contribution in [0.5, 0.6) is 0 Å². The summed E-state index contributed by atoms with van der Waals surface area (Å²) in [5.74, 6) is -0.461. The Morgan fingerprint density at radius 1 is 1.17 bits per heavy atom. The quantitative estimate of drug-likeness (QED) is 0.749. The number of primary amides is 1. The molecule has 1 aromatic rings. The van der Waals surface area contributed by atoms with Crippen LogP contribution in [-0.2, 0) is 12.8 Å². The predicted octanol–water partition coefficient (Wildman–Crippen LogP) is 0.868. The number of nitrogens with two attached hydrogens (primary N) is 1. The van der Waals surface area contributed by atoms with E-state index in [2.05, 4.69) is 10.2 Å². The molecule has 0 radical (unpaired) electrons. The number of rotatable bonds is 4. The second kappa shape index (κ2) is 7.50. The zero-order valence-corrected chi connectivity index (χ0v) is 14.5. The molecule has 0 spiro atoms. The Kier molecular flexibility index (Phi) is 5.37. The van der Waals surface area contributed by atoms with Crippen molar-refractivity contribution in [2.45, 2.75) is 25.7 Å². The topological polar surface area (TPSA) is 98.9 Å². The Morgan fingerprint density at radius 3 is 2.54 bits per heavy atom. The van der Waals surface area contributed by atoms with Gasteiger partial charge in [0.15, 0.2) is 0 Å². The number of carbonyl (C=O) groups excluding carboxylic acids is 2. The minimum atomic E-state index is -0.461. The van der Waals surface area contributed by atoms with Crippen molar-refractivity contribution in [3.05, 3.63) is 16.0 Å². The number of aliphatic hydroxyl groups is 1. The van der Waals surface area contributed by atoms with Gasteiger partial charge in [0.25, 0.3) is 5.91 Å². The van der Waals surface area contributed by atoms with Gasteiger partial charge in [0.05, 0.1) is 12.2 Å². The number of urea groups is 1. The van der Waals surface area contributed by atoms with Gasteiger partial charge in [-0.05, 0) is 31.2 Å². The Bertz CT molecular complexity index is 623. The molecule has 0 atom stereocenters. The molecule has 0 bridgehead atoms. The molecular formula is C16H24N4O3S. The van der Waals surface area contributed by atoms with Crippen molar-refractivity contribution in [1.29, 1.82) is 0 Å². The molecule has 2 aliphatic rings. The zero-order valence-electron chi connectivity index (χ0n) is 13.7. The molecule has 7 nitrogen and oxygen atoms in total. The first-order valence-corrected chi connectivity index (χ1v) is 9.25. The first-order chi connectivity index (χ1) is 11.6. The summed E-state index contributed by atoms with van der Waals surface area (Å²) in [6.45, 7) is 3.49. The fraction of sp³-hybridized carbons (Fsp3) is 0.625. The summed E-state index contributed by atoms with van der Waals surface area (Å²) < 4.78 is 0. The van der Waals surface area contributed by atoms with Gasteiger partial charge >= 0.3 is 6.03 Å². The molecule has 1 aromatic heterocycles. The number of β-amino-alcohol motifs (C(OH)–C–C–N with tert-alkyl or cyclic N) is 1. The number of hydrogen-bond donors (Lipinski definition) is 3. The van der Waals surface area contributed by atoms with E-state index in [1.54, 1.807) is 4.90 Å². The molecule has 0 saturated carbocycles. The van der Waals surface area contributed by atoms with E-state index in [1.807, 2.05) is 0 Å². The van der Waals surface area contributed by atoms with Crippen molar-refractivity contribution in [3.63, 3.8) is 0 Å². The van der Waals surface area contributed by atoms with Gasteiger partial charge in [0.1, 0.15) is 5.00 Å². The van der Waals surface area contributed by atoms with Crippen molar-refractivity contribution in [1.82, 2.24) is 9.80 Å². The SMILES string of the molecule is NC(=O)c1c(NC(=O)N2CCN(CCO)CC2)sc2c1CCCC2. The monoisotopic (exact) mass is 352 g/mol. The van der Waals surface area contributed by atoms with Crippen LogP contribution in [-0.4, -0.2) is 66.2 Å². The maximum atomic E-state index is 12.5. The van der Waals surface area contributed by atoms with Crippen molar-refractivity contribution >= 4 is 28.3 Å². The third kappa shape index (κ3) is 3.55. The molecule has 0 unspecified atom stereocenters. The maximum absolute atomic E-state index is 12.5. The van der Waals surface area contributed by atoms with Crippen LogP contribution in [0.4, 0.5) is 9.80 Å². The third-order valence-corrected chi connectivity index (χ3v) is 5.92. The van der Waals surface area contributed by atoms with Crippen LogP contribution in [0, 0.1) is 0 Å². The molecule has 3 amide bonds. The summed E-state index contributed by atoms with van der Waals surface area (Å²) in [7, 11) is 0. The Hall–Kier alpha value is -1.64. The standard InChI is InChI=1S/C16H24N4O3S/c17-14(22)13-11-3-1-2-4-12(11)24-15(13)18-16(23)20-7-5-19(6-8-20)9-10-21/h21H,1-10H2,(H2,17,22)(H,18,23). The first-order valence-electron chi connectivity index (χ1n) is 8.43. The van der Waals surface area contributed by atoms with Crippen molar-refractivity contribution in [2.75, 3.05) is 44.6 Å². The molecule has 1 fully saturated rings. The normalized spacial score (nSPS) is 18.3. The highest BCUT2D eigenvalue weighted by atomic mass is 32.1. The Balaban J connectivity index is 1.69. The van der Waals surface area contributed by atoms with Gasteiger partial charge in [0.2, 0.25) is 0 Å². The summed E-state index contributed by atoms with van der Waals surface area (Å²) in [5.41, 5.74) is 7.09. The average Bonchev–Trinajstić information content (AvgIpc) is 2.93. The zero-order chi connectivity index (χ0) is 17.1. The number of aliphatic hydroxyl groups excluding tert-OH is 1. The average molecular weight is 352 g/mol. The van der Waals surface area contributed by atoms with E-state index >= 15 is 0 Å². The van der Waals surface area contributed by atoms with Crippen LogP contribution in [0.2, 0.25) is 0 Å². The largest absolute Gasteiger partial charge is 0.395 e. The summed E-state index contributed by atoms with van der Waals surface area (Å²) in [5, 5.41) is 12.5. The Morgan fingerprint density at radius 2 is 1.88 bits per heavy atom. The molecule has 1 saturated heterocycles. The number of thiophene rings is 1. The summed E-state index contributed by atoms with van der Waals surface area (Å²) in [6.07, 6.45) is 3.99. The van der Waals surface area contributed by atoms with Gasteiger partial charge in [-0.3, -0.25) is 15.0 Å². The summed E-state index contributed by atoms with van der Waals surface area (Å²) in [4.78, 5) is 29.4. The van der Waals surface area contributed by atoms with E-state index in [0.29, 0.717) is 30.2 Å². The van der Waals surface area contributed by atoms with Crippen LogP contribution < -0.4 is 11.1 Å². The van der Waals surface area contributed by atoms with E-state index in [4.69, 9.17) is 10.8 Å². The van der Waals surface area contributed by atoms with Gasteiger partial charge in [-0.1, -0.05) is 0 Å². The van der Waals surface area contributed by atoms with Gasteiger partial charge in [-0.25, -0.2) is 4.79 Å². The summed E-state index contributed by atoms with van der Waals surface area (Å²) >= 11 is 1.49. The highest BCUT2D eigenvalue weighted by Crippen LogP contribution is 2.38. The Labute approximate surface area is 145 Å². The van der Waals surface area contributed by atoms with Gasteiger partial charge in [-0.15, -0.1) is 11.3 Å². The van der Waals surface area contributed by atoms with Crippen LogP contribution >= 0.6 is 11.3 Å². The van der Waals surface area contributed by atoms with Crippen molar-refractivity contribution in [2.24, 2.45) is 5.73 Å². The number of carbonyl (C=O) groups is 2. The number of anilines is 1. The van der Waals surface area contributed by atoms with Crippen molar-refractivity contribution in [3.8, 4) is 0 Å². The number of piperazine rings is 1. The lowest BCUT2D eigenvalue weighted by Gasteiger charge is -2.34. The van der Waals surface area contributed by atoms with Crippen LogP contribution in [0.15, 0.2) is 0 Å². The van der Waals surface area contributed by atoms with E-state index in [1.165, 1.54) is 16.2 Å². The van der Waals surface area contributed by atoms with Crippen LogP contribution in [0.1, 0.15) is 33.6 Å². The summed E-state index contributed by atoms with van der Waals surface area (Å²) in [6, 6.07) is -0.181. The fourth-order valence-electron chi connectivity index (χ4n) is 3.41. The minimum Gasteiger partial charge on any atom is -0.395 e. The first kappa shape index (κ1) is 17.2. The van der Waals surface area contributed by atoms with Crippen LogP contribution in [0.25, 0.3) is 0 Å². The lowest BCUT2D eigenvalue weighted by Crippen LogP contribution is -2.50. The fourth-order valence-corrected chi connectivity index (χ4v) is 4.69. The number of amides is 3. The molecule has 2 heterocycles. The predicted molar refractivity (Wildman–Crippen MR) is 93.6 cm³/mol. The van der Waals surface area contributed by atoms with E-state index < -0.39 is 5.91 Å². The van der Waals surface area contributed by atoms with Crippen molar-refractivity contribution < 1.29 is 14.7 Å². The molecule has 3 rings (SSSR count). The second-order valence-corrected chi connectivity index (χ2v) is 7.37. The highest BCUT2D eigenvalue weighted by molar-refractivity contribution is 7.17. The molecule has 0 aromatic carbocycles. The molecule has 4 N–H and O–H groups in total. The second-order valence-electron chi connectivity index (χ2n) is 6.26. The molecule has 1 aliphatic carbocycles. The number of aryl methyl sites for hydroxylation is 1. The number of hydrogen-bond acceptors (Lipinski definition) is 5. The third-order valence-electron chi connectivity index (χ3n) is 4.71. The number of nitrogens with zero attached hydrogens (tertiary/aromatic N) is 2. The molecule has 8 heteroatoms.